The minimum atomic E-state index is 0.267. The number of rotatable bonds is 0. The maximum absolute atomic E-state index is 12.2. The lowest BCUT2D eigenvalue weighted by molar-refractivity contribution is 0.0966. The molecule has 0 aromatic heterocycles. The molecule has 0 amide bonds. The number of benzene rings is 1. The van der Waals surface area contributed by atoms with Crippen molar-refractivity contribution in [2.75, 3.05) is 0 Å². The van der Waals surface area contributed by atoms with Gasteiger partial charge in [0.1, 0.15) is 0 Å². The number of fused-ring (bicyclic) bond motifs is 1. The molecule has 0 saturated carbocycles. The molecule has 0 spiro atoms. The SMILES string of the molecule is Cc1cc(Cl)c(C)c2c1CCC(C)CC2=O. The van der Waals surface area contributed by atoms with E-state index in [1.807, 2.05) is 19.9 Å². The van der Waals surface area contributed by atoms with E-state index in [0.29, 0.717) is 12.3 Å². The van der Waals surface area contributed by atoms with Crippen LogP contribution >= 0.6 is 11.6 Å². The van der Waals surface area contributed by atoms with Crippen LogP contribution in [0.1, 0.15) is 46.8 Å². The number of Topliss-reactive ketones (excluding diaryl/α,β-unsaturated/α-hetero) is 1. The highest BCUT2D eigenvalue weighted by molar-refractivity contribution is 6.32. The first kappa shape index (κ1) is 11.7. The van der Waals surface area contributed by atoms with Crippen molar-refractivity contribution >= 4 is 17.4 Å². The highest BCUT2D eigenvalue weighted by Gasteiger charge is 2.24. The maximum atomic E-state index is 12.2. The van der Waals surface area contributed by atoms with Gasteiger partial charge in [-0.05, 0) is 55.4 Å². The number of aryl methyl sites for hydroxylation is 1. The third-order valence-electron chi connectivity index (χ3n) is 3.55. The summed E-state index contributed by atoms with van der Waals surface area (Å²) >= 11 is 6.15. The van der Waals surface area contributed by atoms with Gasteiger partial charge in [-0.15, -0.1) is 0 Å². The number of hydrogen-bond acceptors (Lipinski definition) is 1. The molecular weight excluding hydrogens is 220 g/mol. The number of ketones is 1. The number of carbonyl (C=O) groups excluding carboxylic acids is 1. The normalized spacial score (nSPS) is 20.5. The van der Waals surface area contributed by atoms with E-state index >= 15 is 0 Å². The minimum Gasteiger partial charge on any atom is -0.294 e. The summed E-state index contributed by atoms with van der Waals surface area (Å²) in [5.41, 5.74) is 4.24. The first-order valence-corrected chi connectivity index (χ1v) is 6.20. The summed E-state index contributed by atoms with van der Waals surface area (Å²) in [4.78, 5) is 12.2. The molecule has 16 heavy (non-hydrogen) atoms. The Kier molecular flexibility index (Phi) is 3.07. The Morgan fingerprint density at radius 1 is 1.38 bits per heavy atom. The summed E-state index contributed by atoms with van der Waals surface area (Å²) in [6.45, 7) is 6.15. The first-order chi connectivity index (χ1) is 7.50. The Morgan fingerprint density at radius 2 is 2.06 bits per heavy atom. The molecule has 0 bridgehead atoms. The van der Waals surface area contributed by atoms with Crippen LogP contribution in [0.15, 0.2) is 6.07 Å². The predicted octanol–water partition coefficient (Wildman–Crippen LogP) is 4.11. The predicted molar refractivity (Wildman–Crippen MR) is 67.4 cm³/mol. The molecule has 0 heterocycles. The summed E-state index contributed by atoms with van der Waals surface area (Å²) in [6.07, 6.45) is 2.76. The molecule has 86 valence electrons. The molecule has 1 atom stereocenters. The fraction of sp³-hybridized carbons (Fsp3) is 0.500. The lowest BCUT2D eigenvalue weighted by Crippen LogP contribution is -2.07. The zero-order valence-electron chi connectivity index (χ0n) is 10.1. The van der Waals surface area contributed by atoms with E-state index in [4.69, 9.17) is 11.6 Å². The lowest BCUT2D eigenvalue weighted by Gasteiger charge is -2.13. The summed E-state index contributed by atoms with van der Waals surface area (Å²) in [5, 5.41) is 0.721. The molecule has 0 aliphatic heterocycles. The Morgan fingerprint density at radius 3 is 2.75 bits per heavy atom. The van der Waals surface area contributed by atoms with Crippen LogP contribution in [0.25, 0.3) is 0 Å². The van der Waals surface area contributed by atoms with Crippen LogP contribution in [0, 0.1) is 19.8 Å². The second kappa shape index (κ2) is 4.21. The molecule has 1 unspecified atom stereocenters. The maximum Gasteiger partial charge on any atom is 0.163 e. The minimum absolute atomic E-state index is 0.267. The van der Waals surface area contributed by atoms with Gasteiger partial charge in [-0.25, -0.2) is 0 Å². The van der Waals surface area contributed by atoms with Gasteiger partial charge in [-0.1, -0.05) is 18.5 Å². The van der Waals surface area contributed by atoms with Crippen LogP contribution in [0.4, 0.5) is 0 Å². The largest absolute Gasteiger partial charge is 0.294 e. The monoisotopic (exact) mass is 236 g/mol. The summed E-state index contributed by atoms with van der Waals surface area (Å²) in [7, 11) is 0. The molecule has 1 aliphatic carbocycles. The Balaban J connectivity index is 2.64. The third kappa shape index (κ3) is 1.89. The molecule has 2 heteroatoms. The number of carbonyl (C=O) groups is 1. The molecule has 0 fully saturated rings. The molecule has 1 aliphatic rings. The van der Waals surface area contributed by atoms with Gasteiger partial charge in [0.05, 0.1) is 0 Å². The fourth-order valence-electron chi connectivity index (χ4n) is 2.54. The van der Waals surface area contributed by atoms with Crippen LogP contribution < -0.4 is 0 Å². The van der Waals surface area contributed by atoms with Crippen molar-refractivity contribution in [2.24, 2.45) is 5.92 Å². The average molecular weight is 237 g/mol. The summed E-state index contributed by atoms with van der Waals surface area (Å²) in [5.74, 6) is 0.751. The smallest absolute Gasteiger partial charge is 0.163 e. The molecular formula is C14H17ClO. The quantitative estimate of drug-likeness (QED) is 0.620. The second-order valence-electron chi connectivity index (χ2n) is 4.92. The van der Waals surface area contributed by atoms with Crippen molar-refractivity contribution in [3.8, 4) is 0 Å². The number of halogens is 1. The Bertz CT molecular complexity index is 449. The summed E-state index contributed by atoms with van der Waals surface area (Å²) < 4.78 is 0. The van der Waals surface area contributed by atoms with Crippen LogP contribution in [0.2, 0.25) is 5.02 Å². The van der Waals surface area contributed by atoms with E-state index in [2.05, 4.69) is 6.92 Å². The zero-order valence-corrected chi connectivity index (χ0v) is 10.8. The topological polar surface area (TPSA) is 17.1 Å². The number of hydrogen-bond donors (Lipinski definition) is 0. The lowest BCUT2D eigenvalue weighted by atomic mass is 9.93. The van der Waals surface area contributed by atoms with E-state index < -0.39 is 0 Å². The molecule has 0 N–H and O–H groups in total. The van der Waals surface area contributed by atoms with Crippen LogP contribution in [0.3, 0.4) is 0 Å². The van der Waals surface area contributed by atoms with Crippen molar-refractivity contribution < 1.29 is 4.79 Å². The van der Waals surface area contributed by atoms with Crippen molar-refractivity contribution in [3.63, 3.8) is 0 Å². The second-order valence-corrected chi connectivity index (χ2v) is 5.33. The van der Waals surface area contributed by atoms with Crippen molar-refractivity contribution in [1.82, 2.24) is 0 Å². The van der Waals surface area contributed by atoms with Crippen LogP contribution in [-0.4, -0.2) is 5.78 Å². The van der Waals surface area contributed by atoms with Crippen molar-refractivity contribution in [1.29, 1.82) is 0 Å². The molecule has 1 nitrogen and oxygen atoms in total. The fourth-order valence-corrected chi connectivity index (χ4v) is 2.80. The van der Waals surface area contributed by atoms with Gasteiger partial charge in [0, 0.05) is 17.0 Å². The van der Waals surface area contributed by atoms with Gasteiger partial charge in [0.25, 0.3) is 0 Å². The average Bonchev–Trinajstić information content (AvgIpc) is 2.34. The van der Waals surface area contributed by atoms with Gasteiger partial charge < -0.3 is 0 Å². The molecule has 2 rings (SSSR count). The first-order valence-electron chi connectivity index (χ1n) is 5.82. The van der Waals surface area contributed by atoms with E-state index in [-0.39, 0.29) is 5.78 Å². The highest BCUT2D eigenvalue weighted by Crippen LogP contribution is 2.32. The Hall–Kier alpha value is -0.820. The van der Waals surface area contributed by atoms with Gasteiger partial charge in [-0.2, -0.15) is 0 Å². The molecule has 1 aromatic carbocycles. The van der Waals surface area contributed by atoms with E-state index in [0.717, 1.165) is 34.6 Å². The molecule has 0 saturated heterocycles. The highest BCUT2D eigenvalue weighted by atomic mass is 35.5. The van der Waals surface area contributed by atoms with Crippen LogP contribution in [-0.2, 0) is 6.42 Å². The van der Waals surface area contributed by atoms with E-state index in [1.165, 1.54) is 5.56 Å². The van der Waals surface area contributed by atoms with Crippen LogP contribution in [0.5, 0.6) is 0 Å². The van der Waals surface area contributed by atoms with Gasteiger partial charge >= 0.3 is 0 Å². The van der Waals surface area contributed by atoms with Gasteiger partial charge in [-0.3, -0.25) is 4.79 Å². The Labute approximate surface area is 102 Å². The zero-order chi connectivity index (χ0) is 11.9. The molecule has 1 aromatic rings. The van der Waals surface area contributed by atoms with Crippen molar-refractivity contribution in [3.05, 3.63) is 33.3 Å². The molecule has 0 radical (unpaired) electrons. The van der Waals surface area contributed by atoms with Gasteiger partial charge in [0.2, 0.25) is 0 Å². The van der Waals surface area contributed by atoms with Crippen molar-refractivity contribution in [2.45, 2.75) is 40.0 Å². The summed E-state index contributed by atoms with van der Waals surface area (Å²) in [6, 6.07) is 1.99. The third-order valence-corrected chi connectivity index (χ3v) is 3.95. The van der Waals surface area contributed by atoms with Gasteiger partial charge in [0.15, 0.2) is 5.78 Å². The van der Waals surface area contributed by atoms with E-state index in [9.17, 15) is 4.79 Å². The standard InChI is InChI=1S/C14H17ClO/c1-8-4-5-11-9(2)7-12(15)10(3)14(11)13(16)6-8/h7-8H,4-6H2,1-3H3. The van der Waals surface area contributed by atoms with E-state index in [1.54, 1.807) is 0 Å².